The standard InChI is InChI=1S/C44H60N4O6/c1-6-11-31(40(52)36(49)21-20-29-18-16-28(2)17-19-29)24-38(51)39-33-15-10-14-32(33)27-48(39)43(54)41(44(3,4)5)47-42(53)34(30-12-8-7-9-13-30)25-37(50)35-26-45-22-23-46-35/h16-19,22-23,26,30-34,39,41H,6-15,20-21,24-25,27H2,1-5H3,(H,47,53)/t31-,32?,33-,34+,39-,41+/m0/s1. The Morgan fingerprint density at radius 2 is 1.63 bits per heavy atom. The first kappa shape index (κ1) is 41.1. The first-order valence-electron chi connectivity index (χ1n) is 20.3. The normalized spacial score (nSPS) is 21.9. The van der Waals surface area contributed by atoms with Crippen LogP contribution in [-0.4, -0.2) is 68.4 Å². The van der Waals surface area contributed by atoms with Gasteiger partial charge in [-0.1, -0.05) is 89.6 Å². The zero-order valence-corrected chi connectivity index (χ0v) is 33.0. The summed E-state index contributed by atoms with van der Waals surface area (Å²) in [6.45, 7) is 10.1. The van der Waals surface area contributed by atoms with Crippen LogP contribution in [-0.2, 0) is 30.4 Å². The number of hydrogen-bond donors (Lipinski definition) is 1. The zero-order chi connectivity index (χ0) is 39.0. The average Bonchev–Trinajstić information content (AvgIpc) is 3.77. The Bertz CT molecular complexity index is 1650. The Balaban J connectivity index is 1.33. The maximum absolute atomic E-state index is 14.8. The number of rotatable bonds is 17. The third-order valence-electron chi connectivity index (χ3n) is 12.2. The molecule has 1 aliphatic heterocycles. The van der Waals surface area contributed by atoms with Gasteiger partial charge in [0.2, 0.25) is 17.6 Å². The van der Waals surface area contributed by atoms with E-state index in [1.807, 2.05) is 58.9 Å². The van der Waals surface area contributed by atoms with Gasteiger partial charge in [-0.2, -0.15) is 0 Å². The fourth-order valence-electron chi connectivity index (χ4n) is 9.17. The fraction of sp³-hybridized carbons (Fsp3) is 0.636. The zero-order valence-electron chi connectivity index (χ0n) is 33.0. The largest absolute Gasteiger partial charge is 0.344 e. The van der Waals surface area contributed by atoms with Crippen LogP contribution in [0.2, 0.25) is 0 Å². The quantitative estimate of drug-likeness (QED) is 0.137. The number of aromatic nitrogens is 2. The summed E-state index contributed by atoms with van der Waals surface area (Å²) >= 11 is 0. The molecule has 2 heterocycles. The minimum atomic E-state index is -0.937. The van der Waals surface area contributed by atoms with Gasteiger partial charge in [0.25, 0.3) is 0 Å². The molecule has 1 unspecified atom stereocenters. The smallest absolute Gasteiger partial charge is 0.246 e. The Labute approximate surface area is 321 Å². The van der Waals surface area contributed by atoms with Crippen molar-refractivity contribution in [3.05, 3.63) is 59.7 Å². The number of nitrogens with zero attached hydrogens (tertiary/aromatic N) is 3. The maximum atomic E-state index is 14.8. The number of nitrogens with one attached hydrogen (secondary N) is 1. The number of aryl methyl sites for hydroxylation is 2. The predicted molar refractivity (Wildman–Crippen MR) is 206 cm³/mol. The monoisotopic (exact) mass is 740 g/mol. The molecule has 10 nitrogen and oxygen atoms in total. The van der Waals surface area contributed by atoms with Crippen molar-refractivity contribution in [1.82, 2.24) is 20.2 Å². The Hall–Kier alpha value is -4.08. The number of amides is 2. The topological polar surface area (TPSA) is 143 Å². The van der Waals surface area contributed by atoms with Gasteiger partial charge in [-0.15, -0.1) is 0 Å². The summed E-state index contributed by atoms with van der Waals surface area (Å²) in [5.74, 6) is -3.23. The molecule has 10 heteroatoms. The van der Waals surface area contributed by atoms with Crippen LogP contribution in [0.25, 0.3) is 0 Å². The van der Waals surface area contributed by atoms with Gasteiger partial charge in [0, 0.05) is 50.0 Å². The molecule has 2 amide bonds. The van der Waals surface area contributed by atoms with Crippen LogP contribution in [0.3, 0.4) is 0 Å². The summed E-state index contributed by atoms with van der Waals surface area (Å²) in [5, 5.41) is 3.11. The highest BCUT2D eigenvalue weighted by Crippen LogP contribution is 2.44. The molecule has 3 fully saturated rings. The van der Waals surface area contributed by atoms with E-state index in [-0.39, 0.29) is 66.1 Å². The second kappa shape index (κ2) is 18.5. The van der Waals surface area contributed by atoms with Crippen molar-refractivity contribution < 1.29 is 28.8 Å². The van der Waals surface area contributed by atoms with Crippen molar-refractivity contribution in [3.8, 4) is 0 Å². The molecule has 2 saturated carbocycles. The molecule has 1 N–H and O–H groups in total. The molecule has 1 aromatic heterocycles. The second-order valence-electron chi connectivity index (χ2n) is 17.2. The first-order valence-corrected chi connectivity index (χ1v) is 20.3. The van der Waals surface area contributed by atoms with Gasteiger partial charge in [0.05, 0.1) is 12.2 Å². The van der Waals surface area contributed by atoms with Crippen molar-refractivity contribution >= 4 is 34.9 Å². The number of Topliss-reactive ketones (excluding diaryl/α,β-unsaturated/α-hetero) is 4. The van der Waals surface area contributed by atoms with Crippen molar-refractivity contribution in [3.63, 3.8) is 0 Å². The number of benzene rings is 1. The Morgan fingerprint density at radius 3 is 2.28 bits per heavy atom. The van der Waals surface area contributed by atoms with E-state index in [1.54, 1.807) is 4.90 Å². The van der Waals surface area contributed by atoms with E-state index in [0.29, 0.717) is 25.8 Å². The predicted octanol–water partition coefficient (Wildman–Crippen LogP) is 6.86. The molecule has 5 rings (SSSR count). The molecule has 0 spiro atoms. The third kappa shape index (κ3) is 10.2. The Morgan fingerprint density at radius 1 is 0.907 bits per heavy atom. The molecule has 54 heavy (non-hydrogen) atoms. The SMILES string of the molecule is CCC[C@@H](CC(=O)[C@@H]1[C@H]2CCCC2CN1C(=O)[C@@H](NC(=O)[C@H](CC(=O)c1cnccn1)C1CCCCC1)C(C)(C)C)C(=O)C(=O)CCc1ccc(C)cc1. The third-order valence-corrected chi connectivity index (χ3v) is 12.2. The van der Waals surface area contributed by atoms with Crippen LogP contribution in [0.1, 0.15) is 133 Å². The van der Waals surface area contributed by atoms with Crippen molar-refractivity contribution in [2.45, 2.75) is 137 Å². The highest BCUT2D eigenvalue weighted by Gasteiger charge is 2.52. The number of fused-ring (bicyclic) bond motifs is 1. The van der Waals surface area contributed by atoms with Crippen molar-refractivity contribution in [2.24, 2.45) is 35.0 Å². The van der Waals surface area contributed by atoms with Crippen LogP contribution in [0.5, 0.6) is 0 Å². The molecule has 6 atom stereocenters. The highest BCUT2D eigenvalue weighted by molar-refractivity contribution is 6.38. The van der Waals surface area contributed by atoms with Crippen molar-refractivity contribution in [2.75, 3.05) is 6.54 Å². The molecule has 2 aliphatic carbocycles. The van der Waals surface area contributed by atoms with Gasteiger partial charge in [-0.25, -0.2) is 4.98 Å². The van der Waals surface area contributed by atoms with Gasteiger partial charge in [-0.05, 0) is 74.2 Å². The van der Waals surface area contributed by atoms with E-state index in [4.69, 9.17) is 0 Å². The molecule has 1 aromatic carbocycles. The number of carbonyl (C=O) groups is 6. The van der Waals surface area contributed by atoms with E-state index >= 15 is 0 Å². The lowest BCUT2D eigenvalue weighted by Gasteiger charge is -2.38. The van der Waals surface area contributed by atoms with Gasteiger partial charge in [0.15, 0.2) is 17.3 Å². The summed E-state index contributed by atoms with van der Waals surface area (Å²) in [6.07, 6.45) is 13.3. The molecular weight excluding hydrogens is 681 g/mol. The maximum Gasteiger partial charge on any atom is 0.246 e. The molecule has 1 saturated heterocycles. The minimum absolute atomic E-state index is 0.00296. The summed E-state index contributed by atoms with van der Waals surface area (Å²) < 4.78 is 0. The Kier molecular flexibility index (Phi) is 14.1. The molecule has 2 aromatic rings. The summed E-state index contributed by atoms with van der Waals surface area (Å²) in [5.41, 5.74) is 1.62. The van der Waals surface area contributed by atoms with Gasteiger partial charge < -0.3 is 10.2 Å². The summed E-state index contributed by atoms with van der Waals surface area (Å²) in [7, 11) is 0. The van der Waals surface area contributed by atoms with Crippen LogP contribution in [0.4, 0.5) is 0 Å². The lowest BCUT2D eigenvalue weighted by atomic mass is 9.76. The molecular formula is C44H60N4O6. The molecule has 292 valence electrons. The summed E-state index contributed by atoms with van der Waals surface area (Å²) in [6, 6.07) is 6.25. The fourth-order valence-corrected chi connectivity index (χ4v) is 9.17. The first-order chi connectivity index (χ1) is 25.8. The van der Waals surface area contributed by atoms with Gasteiger partial charge in [-0.3, -0.25) is 33.8 Å². The second-order valence-corrected chi connectivity index (χ2v) is 17.2. The minimum Gasteiger partial charge on any atom is -0.344 e. The number of hydrogen-bond acceptors (Lipinski definition) is 8. The molecule has 3 aliphatic rings. The van der Waals surface area contributed by atoms with Gasteiger partial charge >= 0.3 is 0 Å². The van der Waals surface area contributed by atoms with Crippen LogP contribution < -0.4 is 5.32 Å². The average molecular weight is 741 g/mol. The van der Waals surface area contributed by atoms with E-state index < -0.39 is 40.9 Å². The highest BCUT2D eigenvalue weighted by atomic mass is 16.2. The van der Waals surface area contributed by atoms with E-state index in [1.165, 1.54) is 18.6 Å². The lowest BCUT2D eigenvalue weighted by Crippen LogP contribution is -2.58. The molecule has 0 radical (unpaired) electrons. The van der Waals surface area contributed by atoms with Gasteiger partial charge in [0.1, 0.15) is 11.7 Å². The number of carbonyl (C=O) groups excluding carboxylic acids is 6. The number of ketones is 4. The van der Waals surface area contributed by atoms with Crippen LogP contribution in [0.15, 0.2) is 42.9 Å². The summed E-state index contributed by atoms with van der Waals surface area (Å²) in [4.78, 5) is 93.5. The lowest BCUT2D eigenvalue weighted by molar-refractivity contribution is -0.146. The van der Waals surface area contributed by atoms with E-state index in [0.717, 1.165) is 62.5 Å². The molecule has 0 bridgehead atoms. The van der Waals surface area contributed by atoms with Crippen LogP contribution >= 0.6 is 0 Å². The van der Waals surface area contributed by atoms with E-state index in [2.05, 4.69) is 15.3 Å². The van der Waals surface area contributed by atoms with Crippen molar-refractivity contribution in [1.29, 1.82) is 0 Å². The van der Waals surface area contributed by atoms with E-state index in [9.17, 15) is 28.8 Å². The number of likely N-dealkylation sites (tertiary alicyclic amines) is 1. The van der Waals surface area contributed by atoms with Crippen LogP contribution in [0, 0.1) is 41.9 Å².